The summed E-state index contributed by atoms with van der Waals surface area (Å²) in [6.07, 6.45) is 6.80. The Morgan fingerprint density at radius 1 is 1.42 bits per heavy atom. The summed E-state index contributed by atoms with van der Waals surface area (Å²) in [5, 5.41) is 0.363. The van der Waals surface area contributed by atoms with E-state index in [1.807, 2.05) is 0 Å². The van der Waals surface area contributed by atoms with Gasteiger partial charge in [-0.25, -0.2) is 4.79 Å². The average Bonchev–Trinajstić information content (AvgIpc) is 2.92. The topological polar surface area (TPSA) is 38.8 Å². The van der Waals surface area contributed by atoms with Crippen LogP contribution in [0.2, 0.25) is 5.02 Å². The quantitative estimate of drug-likeness (QED) is 0.799. The highest BCUT2D eigenvalue weighted by Gasteiger charge is 2.20. The predicted molar refractivity (Wildman–Crippen MR) is 72.6 cm³/mol. The van der Waals surface area contributed by atoms with Gasteiger partial charge in [-0.1, -0.05) is 17.5 Å². The van der Waals surface area contributed by atoms with Crippen molar-refractivity contribution >= 4 is 17.7 Å². The molecule has 100 valence electrons. The van der Waals surface area contributed by atoms with E-state index in [0.717, 1.165) is 25.9 Å². The number of hydrogen-bond acceptors (Lipinski definition) is 3. The number of terminal acetylenes is 1. The minimum atomic E-state index is -0.342. The van der Waals surface area contributed by atoms with Crippen LogP contribution in [0.3, 0.4) is 0 Å². The first-order chi connectivity index (χ1) is 9.20. The van der Waals surface area contributed by atoms with E-state index in [-0.39, 0.29) is 12.7 Å². The lowest BCUT2D eigenvalue weighted by Gasteiger charge is -2.15. The first-order valence-electron chi connectivity index (χ1n) is 6.03. The van der Waals surface area contributed by atoms with Crippen molar-refractivity contribution in [1.82, 2.24) is 4.90 Å². The zero-order chi connectivity index (χ0) is 13.7. The van der Waals surface area contributed by atoms with E-state index in [1.165, 1.54) is 0 Å². The van der Waals surface area contributed by atoms with Crippen LogP contribution in [0.1, 0.15) is 12.8 Å². The Kier molecular flexibility index (Phi) is 4.53. The molecule has 0 atom stereocenters. The van der Waals surface area contributed by atoms with Gasteiger partial charge in [-0.3, -0.25) is 0 Å². The third-order valence-electron chi connectivity index (χ3n) is 2.78. The second kappa shape index (κ2) is 6.35. The van der Waals surface area contributed by atoms with Crippen LogP contribution in [0.15, 0.2) is 18.2 Å². The van der Waals surface area contributed by atoms with Crippen molar-refractivity contribution < 1.29 is 14.3 Å². The highest BCUT2D eigenvalue weighted by molar-refractivity contribution is 6.32. The molecule has 0 saturated carbocycles. The van der Waals surface area contributed by atoms with Gasteiger partial charge in [0.15, 0.2) is 0 Å². The molecule has 4 nitrogen and oxygen atoms in total. The fraction of sp³-hybridized carbons (Fsp3) is 0.357. The molecule has 0 spiro atoms. The van der Waals surface area contributed by atoms with Gasteiger partial charge in [-0.2, -0.15) is 0 Å². The van der Waals surface area contributed by atoms with Crippen LogP contribution < -0.4 is 9.47 Å². The third-order valence-corrected chi connectivity index (χ3v) is 3.08. The Bertz CT molecular complexity index is 504. The molecular weight excluding hydrogens is 266 g/mol. The van der Waals surface area contributed by atoms with Gasteiger partial charge in [0.05, 0.1) is 5.02 Å². The molecule has 0 N–H and O–H groups in total. The number of nitrogens with zero attached hydrogens (tertiary/aromatic N) is 1. The van der Waals surface area contributed by atoms with Crippen molar-refractivity contribution in [3.63, 3.8) is 0 Å². The number of hydrogen-bond donors (Lipinski definition) is 0. The van der Waals surface area contributed by atoms with E-state index in [0.29, 0.717) is 16.5 Å². The molecule has 1 heterocycles. The van der Waals surface area contributed by atoms with Crippen LogP contribution in [0.5, 0.6) is 11.5 Å². The Labute approximate surface area is 117 Å². The standard InChI is InChI=1S/C14H14ClNO3/c1-2-9-18-13-6-5-11(10-12(13)15)19-14(17)16-7-3-4-8-16/h1,5-6,10H,3-4,7-9H2. The van der Waals surface area contributed by atoms with Crippen molar-refractivity contribution in [2.45, 2.75) is 12.8 Å². The van der Waals surface area contributed by atoms with Crippen molar-refractivity contribution in [2.75, 3.05) is 19.7 Å². The van der Waals surface area contributed by atoms with E-state index >= 15 is 0 Å². The molecule has 2 rings (SSSR count). The lowest BCUT2D eigenvalue weighted by molar-refractivity contribution is 0.162. The molecular formula is C14H14ClNO3. The number of ether oxygens (including phenoxy) is 2. The number of benzene rings is 1. The molecule has 1 aliphatic heterocycles. The van der Waals surface area contributed by atoms with Crippen molar-refractivity contribution in [3.05, 3.63) is 23.2 Å². The second-order valence-corrected chi connectivity index (χ2v) is 4.55. The van der Waals surface area contributed by atoms with Crippen LogP contribution in [-0.2, 0) is 0 Å². The average molecular weight is 280 g/mol. The summed E-state index contributed by atoms with van der Waals surface area (Å²) in [6.45, 7) is 1.64. The number of carbonyl (C=O) groups is 1. The molecule has 0 aliphatic carbocycles. The maximum atomic E-state index is 11.8. The van der Waals surface area contributed by atoms with Crippen LogP contribution in [-0.4, -0.2) is 30.7 Å². The van der Waals surface area contributed by atoms with Crippen LogP contribution in [0.25, 0.3) is 0 Å². The summed E-state index contributed by atoms with van der Waals surface area (Å²) in [6, 6.07) is 4.80. The summed E-state index contributed by atoms with van der Waals surface area (Å²) in [5.41, 5.74) is 0. The van der Waals surface area contributed by atoms with E-state index < -0.39 is 0 Å². The molecule has 0 unspecified atom stereocenters. The zero-order valence-corrected chi connectivity index (χ0v) is 11.2. The van der Waals surface area contributed by atoms with E-state index in [1.54, 1.807) is 23.1 Å². The minimum Gasteiger partial charge on any atom is -0.479 e. The molecule has 0 radical (unpaired) electrons. The van der Waals surface area contributed by atoms with E-state index in [4.69, 9.17) is 27.5 Å². The maximum Gasteiger partial charge on any atom is 0.415 e. The van der Waals surface area contributed by atoms with Gasteiger partial charge >= 0.3 is 6.09 Å². The third kappa shape index (κ3) is 3.55. The van der Waals surface area contributed by atoms with Crippen molar-refractivity contribution in [2.24, 2.45) is 0 Å². The number of amides is 1. The summed E-state index contributed by atoms with van der Waals surface area (Å²) in [4.78, 5) is 13.5. The molecule has 5 heteroatoms. The molecule has 1 aromatic rings. The molecule has 1 aliphatic rings. The molecule has 0 aromatic heterocycles. The second-order valence-electron chi connectivity index (χ2n) is 4.15. The number of likely N-dealkylation sites (tertiary alicyclic amines) is 1. The molecule has 1 amide bonds. The van der Waals surface area contributed by atoms with Crippen molar-refractivity contribution in [3.8, 4) is 23.8 Å². The van der Waals surface area contributed by atoms with Crippen LogP contribution in [0, 0.1) is 12.3 Å². The van der Waals surface area contributed by atoms with E-state index in [9.17, 15) is 4.79 Å². The first kappa shape index (κ1) is 13.6. The number of carbonyl (C=O) groups excluding carboxylic acids is 1. The van der Waals surface area contributed by atoms with Crippen molar-refractivity contribution in [1.29, 1.82) is 0 Å². The monoisotopic (exact) mass is 279 g/mol. The fourth-order valence-corrected chi connectivity index (χ4v) is 2.07. The van der Waals surface area contributed by atoms with Crippen LogP contribution >= 0.6 is 11.6 Å². The van der Waals surface area contributed by atoms with Gasteiger partial charge in [0.25, 0.3) is 0 Å². The molecule has 1 aromatic carbocycles. The maximum absolute atomic E-state index is 11.8. The van der Waals surface area contributed by atoms with Crippen LogP contribution in [0.4, 0.5) is 4.79 Å². The number of rotatable bonds is 3. The van der Waals surface area contributed by atoms with Gasteiger partial charge in [0, 0.05) is 19.2 Å². The van der Waals surface area contributed by atoms with Gasteiger partial charge in [0.2, 0.25) is 0 Å². The first-order valence-corrected chi connectivity index (χ1v) is 6.41. The summed E-state index contributed by atoms with van der Waals surface area (Å²) in [5.74, 6) is 3.23. The van der Waals surface area contributed by atoms with E-state index in [2.05, 4.69) is 5.92 Å². The Morgan fingerprint density at radius 3 is 2.79 bits per heavy atom. The lowest BCUT2D eigenvalue weighted by atomic mass is 10.3. The SMILES string of the molecule is C#CCOc1ccc(OC(=O)N2CCCC2)cc1Cl. The molecule has 19 heavy (non-hydrogen) atoms. The Balaban J connectivity index is 1.99. The smallest absolute Gasteiger partial charge is 0.415 e. The summed E-state index contributed by atoms with van der Waals surface area (Å²) < 4.78 is 10.5. The lowest BCUT2D eigenvalue weighted by Crippen LogP contribution is -2.30. The normalized spacial score (nSPS) is 14.0. The Hall–Kier alpha value is -1.86. The Morgan fingerprint density at radius 2 is 2.16 bits per heavy atom. The molecule has 1 saturated heterocycles. The fourth-order valence-electron chi connectivity index (χ4n) is 1.85. The largest absolute Gasteiger partial charge is 0.479 e. The molecule has 1 fully saturated rings. The van der Waals surface area contributed by atoms with Gasteiger partial charge in [0.1, 0.15) is 18.1 Å². The highest BCUT2D eigenvalue weighted by Crippen LogP contribution is 2.29. The van der Waals surface area contributed by atoms with Gasteiger partial charge < -0.3 is 14.4 Å². The summed E-state index contributed by atoms with van der Waals surface area (Å²) >= 11 is 6.01. The highest BCUT2D eigenvalue weighted by atomic mass is 35.5. The van der Waals surface area contributed by atoms with Gasteiger partial charge in [-0.15, -0.1) is 6.42 Å². The zero-order valence-electron chi connectivity index (χ0n) is 10.4. The molecule has 0 bridgehead atoms. The predicted octanol–water partition coefficient (Wildman–Crippen LogP) is 2.95. The number of halogens is 1. The summed E-state index contributed by atoms with van der Waals surface area (Å²) in [7, 11) is 0. The minimum absolute atomic E-state index is 0.145. The van der Waals surface area contributed by atoms with Gasteiger partial charge in [-0.05, 0) is 25.0 Å².